The van der Waals surface area contributed by atoms with Crippen LogP contribution in [0.3, 0.4) is 0 Å². The van der Waals surface area contributed by atoms with Crippen LogP contribution >= 0.6 is 0 Å². The predicted octanol–water partition coefficient (Wildman–Crippen LogP) is 2.14. The number of hydrogen-bond acceptors (Lipinski definition) is 2. The zero-order valence-electron chi connectivity index (χ0n) is 12.7. The summed E-state index contributed by atoms with van der Waals surface area (Å²) < 4.78 is 0. The molecule has 1 fully saturated rings. The van der Waals surface area contributed by atoms with Crippen LogP contribution in [0, 0.1) is 0 Å². The molecule has 0 spiro atoms. The van der Waals surface area contributed by atoms with Gasteiger partial charge in [-0.05, 0) is 31.2 Å². The molecule has 2 rings (SSSR count). The van der Waals surface area contributed by atoms with E-state index >= 15 is 0 Å². The van der Waals surface area contributed by atoms with E-state index < -0.39 is 0 Å². The van der Waals surface area contributed by atoms with E-state index in [4.69, 9.17) is 0 Å². The average molecular weight is 288 g/mol. The normalized spacial score (nSPS) is 13.8. The van der Waals surface area contributed by atoms with Crippen molar-refractivity contribution in [2.24, 2.45) is 0 Å². The zero-order chi connectivity index (χ0) is 15.1. The Labute approximate surface area is 126 Å². The van der Waals surface area contributed by atoms with Crippen molar-refractivity contribution in [2.45, 2.75) is 45.1 Å². The lowest BCUT2D eigenvalue weighted by Crippen LogP contribution is -2.35. The second kappa shape index (κ2) is 7.81. The molecule has 0 aromatic heterocycles. The average Bonchev–Trinajstić information content (AvgIpc) is 3.29. The molecule has 1 aromatic carbocycles. The number of aryl methyl sites for hydroxylation is 1. The minimum Gasteiger partial charge on any atom is -0.356 e. The van der Waals surface area contributed by atoms with Gasteiger partial charge in [0.1, 0.15) is 0 Å². The lowest BCUT2D eigenvalue weighted by atomic mass is 10.1. The second-order valence-electron chi connectivity index (χ2n) is 5.63. The molecule has 1 N–H and O–H groups in total. The van der Waals surface area contributed by atoms with E-state index in [-0.39, 0.29) is 11.8 Å². The van der Waals surface area contributed by atoms with E-state index in [0.717, 1.165) is 25.7 Å². The summed E-state index contributed by atoms with van der Waals surface area (Å²) in [6.45, 7) is 2.82. The maximum absolute atomic E-state index is 11.8. The lowest BCUT2D eigenvalue weighted by Gasteiger charge is -2.20. The Hall–Kier alpha value is -1.84. The first kappa shape index (κ1) is 15.5. The van der Waals surface area contributed by atoms with Gasteiger partial charge in [-0.2, -0.15) is 0 Å². The maximum Gasteiger partial charge on any atom is 0.221 e. The number of rotatable bonds is 8. The van der Waals surface area contributed by atoms with Crippen molar-refractivity contribution < 1.29 is 9.59 Å². The highest BCUT2D eigenvalue weighted by Crippen LogP contribution is 2.26. The summed E-state index contributed by atoms with van der Waals surface area (Å²) in [5.41, 5.74) is 1.29. The molecule has 2 amide bonds. The molecule has 0 saturated heterocycles. The minimum absolute atomic E-state index is 0.0370. The Morgan fingerprint density at radius 1 is 1.24 bits per heavy atom. The van der Waals surface area contributed by atoms with Crippen LogP contribution in [0.2, 0.25) is 0 Å². The first-order valence-electron chi connectivity index (χ1n) is 7.74. The van der Waals surface area contributed by atoms with Gasteiger partial charge in [0.05, 0.1) is 0 Å². The fourth-order valence-electron chi connectivity index (χ4n) is 2.46. The van der Waals surface area contributed by atoms with Crippen LogP contribution in [0.25, 0.3) is 0 Å². The van der Waals surface area contributed by atoms with Gasteiger partial charge in [-0.25, -0.2) is 0 Å². The summed E-state index contributed by atoms with van der Waals surface area (Å²) in [6, 6.07) is 10.6. The quantitative estimate of drug-likeness (QED) is 0.745. The summed E-state index contributed by atoms with van der Waals surface area (Å²) in [4.78, 5) is 25.0. The molecule has 114 valence electrons. The van der Waals surface area contributed by atoms with Gasteiger partial charge < -0.3 is 10.2 Å². The van der Waals surface area contributed by atoms with E-state index in [1.165, 1.54) is 5.56 Å². The molecule has 21 heavy (non-hydrogen) atoms. The third-order valence-corrected chi connectivity index (χ3v) is 3.78. The number of nitrogens with one attached hydrogen (secondary N) is 1. The molecule has 0 aliphatic heterocycles. The van der Waals surface area contributed by atoms with Crippen LogP contribution in [0.4, 0.5) is 0 Å². The molecule has 0 unspecified atom stereocenters. The van der Waals surface area contributed by atoms with Gasteiger partial charge in [-0.3, -0.25) is 9.59 Å². The van der Waals surface area contributed by atoms with Crippen molar-refractivity contribution in [3.63, 3.8) is 0 Å². The van der Waals surface area contributed by atoms with Gasteiger partial charge in [0.2, 0.25) is 11.8 Å². The Kier molecular flexibility index (Phi) is 5.78. The lowest BCUT2D eigenvalue weighted by molar-refractivity contribution is -0.130. The second-order valence-corrected chi connectivity index (χ2v) is 5.63. The Morgan fingerprint density at radius 3 is 2.57 bits per heavy atom. The van der Waals surface area contributed by atoms with Crippen molar-refractivity contribution in [3.05, 3.63) is 35.9 Å². The standard InChI is InChI=1S/C17H24N2O2/c1-14(20)19(16-9-10-16)13-11-17(21)18-12-5-8-15-6-3-2-4-7-15/h2-4,6-7,16H,5,8-13H2,1H3,(H,18,21). The predicted molar refractivity (Wildman–Crippen MR) is 82.8 cm³/mol. The number of carbonyl (C=O) groups excluding carboxylic acids is 2. The van der Waals surface area contributed by atoms with Gasteiger partial charge in [-0.1, -0.05) is 30.3 Å². The molecule has 0 radical (unpaired) electrons. The molecule has 0 atom stereocenters. The summed E-state index contributed by atoms with van der Waals surface area (Å²) in [6.07, 6.45) is 4.48. The molecule has 1 aliphatic carbocycles. The third kappa shape index (κ3) is 5.58. The van der Waals surface area contributed by atoms with E-state index in [1.807, 2.05) is 23.1 Å². The van der Waals surface area contributed by atoms with Gasteiger partial charge >= 0.3 is 0 Å². The summed E-state index contributed by atoms with van der Waals surface area (Å²) >= 11 is 0. The van der Waals surface area contributed by atoms with Crippen LogP contribution in [-0.2, 0) is 16.0 Å². The Balaban J connectivity index is 1.58. The molecule has 1 aromatic rings. The topological polar surface area (TPSA) is 49.4 Å². The Bertz CT molecular complexity index is 469. The highest BCUT2D eigenvalue weighted by molar-refractivity contribution is 5.78. The maximum atomic E-state index is 11.8. The molecule has 1 aliphatic rings. The number of carbonyl (C=O) groups is 2. The fraction of sp³-hybridized carbons (Fsp3) is 0.529. The van der Waals surface area contributed by atoms with E-state index in [2.05, 4.69) is 17.4 Å². The third-order valence-electron chi connectivity index (χ3n) is 3.78. The van der Waals surface area contributed by atoms with E-state index in [0.29, 0.717) is 25.6 Å². The molecule has 0 heterocycles. The molecule has 4 heteroatoms. The minimum atomic E-state index is 0.0370. The number of benzene rings is 1. The molecule has 4 nitrogen and oxygen atoms in total. The van der Waals surface area contributed by atoms with Crippen molar-refractivity contribution in [2.75, 3.05) is 13.1 Å². The van der Waals surface area contributed by atoms with Crippen LogP contribution < -0.4 is 5.32 Å². The summed E-state index contributed by atoms with van der Waals surface area (Å²) in [5, 5.41) is 2.93. The van der Waals surface area contributed by atoms with Gasteiger partial charge in [0.15, 0.2) is 0 Å². The van der Waals surface area contributed by atoms with E-state index in [9.17, 15) is 9.59 Å². The summed E-state index contributed by atoms with van der Waals surface area (Å²) in [5.74, 6) is 0.115. The first-order valence-corrected chi connectivity index (χ1v) is 7.74. The van der Waals surface area contributed by atoms with Crippen molar-refractivity contribution in [3.8, 4) is 0 Å². The number of nitrogens with zero attached hydrogens (tertiary/aromatic N) is 1. The number of amides is 2. The van der Waals surface area contributed by atoms with Crippen molar-refractivity contribution in [1.82, 2.24) is 10.2 Å². The van der Waals surface area contributed by atoms with Gasteiger partial charge in [-0.15, -0.1) is 0 Å². The van der Waals surface area contributed by atoms with Crippen LogP contribution in [-0.4, -0.2) is 35.8 Å². The smallest absolute Gasteiger partial charge is 0.221 e. The monoisotopic (exact) mass is 288 g/mol. The van der Waals surface area contributed by atoms with Crippen molar-refractivity contribution >= 4 is 11.8 Å². The van der Waals surface area contributed by atoms with Crippen LogP contribution in [0.15, 0.2) is 30.3 Å². The Morgan fingerprint density at radius 2 is 1.95 bits per heavy atom. The van der Waals surface area contributed by atoms with Gasteiger partial charge in [0.25, 0.3) is 0 Å². The fourth-order valence-corrected chi connectivity index (χ4v) is 2.46. The van der Waals surface area contributed by atoms with Crippen LogP contribution in [0.5, 0.6) is 0 Å². The first-order chi connectivity index (χ1) is 10.2. The largest absolute Gasteiger partial charge is 0.356 e. The van der Waals surface area contributed by atoms with Crippen LogP contribution in [0.1, 0.15) is 38.2 Å². The molecule has 1 saturated carbocycles. The molecule has 0 bridgehead atoms. The van der Waals surface area contributed by atoms with E-state index in [1.54, 1.807) is 6.92 Å². The molecular weight excluding hydrogens is 264 g/mol. The SMILES string of the molecule is CC(=O)N(CCC(=O)NCCCc1ccccc1)C1CC1. The summed E-state index contributed by atoms with van der Waals surface area (Å²) in [7, 11) is 0. The number of hydrogen-bond donors (Lipinski definition) is 1. The highest BCUT2D eigenvalue weighted by atomic mass is 16.2. The van der Waals surface area contributed by atoms with Gasteiger partial charge in [0, 0.05) is 32.5 Å². The zero-order valence-corrected chi connectivity index (χ0v) is 12.7. The molecular formula is C17H24N2O2. The highest BCUT2D eigenvalue weighted by Gasteiger charge is 2.30. The van der Waals surface area contributed by atoms with Crippen molar-refractivity contribution in [1.29, 1.82) is 0 Å².